The number of benzene rings is 2. The number of aryl methyl sites for hydroxylation is 2. The zero-order valence-corrected chi connectivity index (χ0v) is 16.2. The largest absolute Gasteiger partial charge is 0.338 e. The first kappa shape index (κ1) is 17.7. The lowest BCUT2D eigenvalue weighted by molar-refractivity contribution is 0.391. The molecule has 0 saturated heterocycles. The third kappa shape index (κ3) is 3.72. The molecular weight excluding hydrogens is 384 g/mol. The van der Waals surface area contributed by atoms with Crippen LogP contribution in [0, 0.1) is 13.8 Å². The highest BCUT2D eigenvalue weighted by Crippen LogP contribution is 2.26. The molecule has 136 valence electrons. The zero-order chi connectivity index (χ0) is 18.8. The Morgan fingerprint density at radius 1 is 1.11 bits per heavy atom. The smallest absolute Gasteiger partial charge is 0.237 e. The van der Waals surface area contributed by atoms with Gasteiger partial charge in [0.25, 0.3) is 0 Å². The Kier molecular flexibility index (Phi) is 4.91. The molecule has 0 unspecified atom stereocenters. The molecule has 4 aromatic rings. The van der Waals surface area contributed by atoms with Gasteiger partial charge in [-0.3, -0.25) is 0 Å². The van der Waals surface area contributed by atoms with E-state index in [1.165, 1.54) is 11.8 Å². The van der Waals surface area contributed by atoms with Crippen LogP contribution in [0.1, 0.15) is 17.0 Å². The van der Waals surface area contributed by atoms with Crippen molar-refractivity contribution in [3.63, 3.8) is 0 Å². The van der Waals surface area contributed by atoms with Crippen molar-refractivity contribution in [3.8, 4) is 17.1 Å². The third-order valence-corrected chi connectivity index (χ3v) is 5.11. The van der Waals surface area contributed by atoms with Gasteiger partial charge in [0, 0.05) is 10.6 Å². The van der Waals surface area contributed by atoms with Crippen molar-refractivity contribution >= 4 is 23.4 Å². The van der Waals surface area contributed by atoms with Gasteiger partial charge in [-0.1, -0.05) is 58.9 Å². The second kappa shape index (κ2) is 7.50. The van der Waals surface area contributed by atoms with Gasteiger partial charge in [0.1, 0.15) is 0 Å². The normalized spacial score (nSPS) is 11.1. The monoisotopic (exact) mass is 398 g/mol. The molecule has 0 fully saturated rings. The van der Waals surface area contributed by atoms with Crippen LogP contribution in [0.5, 0.6) is 0 Å². The van der Waals surface area contributed by atoms with Crippen LogP contribution < -0.4 is 0 Å². The maximum atomic E-state index is 6.02. The van der Waals surface area contributed by atoms with Gasteiger partial charge in [-0.2, -0.15) is 9.67 Å². The Morgan fingerprint density at radius 3 is 2.67 bits per heavy atom. The Hall–Kier alpha value is -2.71. The summed E-state index contributed by atoms with van der Waals surface area (Å²) < 4.78 is 7.09. The first-order valence-corrected chi connectivity index (χ1v) is 9.54. The molecule has 0 aliphatic rings. The van der Waals surface area contributed by atoms with Crippen molar-refractivity contribution in [2.24, 2.45) is 0 Å². The Labute approximate surface area is 164 Å². The van der Waals surface area contributed by atoms with Crippen LogP contribution in [0.2, 0.25) is 5.02 Å². The van der Waals surface area contributed by atoms with Crippen molar-refractivity contribution < 1.29 is 4.52 Å². The molecule has 7 nitrogen and oxygen atoms in total. The van der Waals surface area contributed by atoms with E-state index in [1.807, 2.05) is 44.2 Å². The Bertz CT molecular complexity index is 1070. The summed E-state index contributed by atoms with van der Waals surface area (Å²) in [4.78, 5) is 4.42. The molecule has 0 bridgehead atoms. The Balaban J connectivity index is 1.54. The van der Waals surface area contributed by atoms with E-state index < -0.39 is 0 Å². The molecule has 27 heavy (non-hydrogen) atoms. The summed E-state index contributed by atoms with van der Waals surface area (Å²) in [5, 5.41) is 17.4. The number of rotatable bonds is 5. The molecule has 0 saturated carbocycles. The molecular formula is C18H15ClN6OS. The second-order valence-electron chi connectivity index (χ2n) is 5.92. The quantitative estimate of drug-likeness (QED) is 0.464. The van der Waals surface area contributed by atoms with Crippen molar-refractivity contribution in [2.75, 3.05) is 0 Å². The van der Waals surface area contributed by atoms with Crippen LogP contribution in [0.3, 0.4) is 0 Å². The average Bonchev–Trinajstić information content (AvgIpc) is 3.29. The number of para-hydroxylation sites is 1. The second-order valence-corrected chi connectivity index (χ2v) is 7.30. The number of halogens is 1. The number of thioether (sulfide) groups is 1. The molecule has 4 rings (SSSR count). The van der Waals surface area contributed by atoms with E-state index >= 15 is 0 Å². The molecule has 2 aromatic carbocycles. The lowest BCUT2D eigenvalue weighted by Crippen LogP contribution is -2.04. The molecule has 0 spiro atoms. The van der Waals surface area contributed by atoms with Gasteiger partial charge in [0.2, 0.25) is 16.9 Å². The highest BCUT2D eigenvalue weighted by Gasteiger charge is 2.15. The van der Waals surface area contributed by atoms with Gasteiger partial charge in [-0.05, 0) is 47.5 Å². The third-order valence-electron chi connectivity index (χ3n) is 3.97. The van der Waals surface area contributed by atoms with Crippen LogP contribution in [0.15, 0.2) is 52.1 Å². The van der Waals surface area contributed by atoms with E-state index in [-0.39, 0.29) is 0 Å². The fraction of sp³-hybridized carbons (Fsp3) is 0.167. The summed E-state index contributed by atoms with van der Waals surface area (Å²) in [6, 6.07) is 13.4. The van der Waals surface area contributed by atoms with Gasteiger partial charge in [0.05, 0.1) is 11.4 Å². The van der Waals surface area contributed by atoms with Crippen LogP contribution in [0.4, 0.5) is 0 Å². The average molecular weight is 399 g/mol. The van der Waals surface area contributed by atoms with E-state index in [4.69, 9.17) is 16.1 Å². The molecule has 2 heterocycles. The number of hydrogen-bond donors (Lipinski definition) is 0. The van der Waals surface area contributed by atoms with Crippen molar-refractivity contribution in [1.29, 1.82) is 0 Å². The molecule has 0 amide bonds. The summed E-state index contributed by atoms with van der Waals surface area (Å²) in [5.41, 5.74) is 3.99. The van der Waals surface area contributed by atoms with Crippen molar-refractivity contribution in [2.45, 2.75) is 24.8 Å². The fourth-order valence-corrected chi connectivity index (χ4v) is 3.64. The summed E-state index contributed by atoms with van der Waals surface area (Å²) >= 11 is 7.45. The SMILES string of the molecule is Cc1cccc(C)c1-n1nnnc1SCc1nc(-c2cccc(Cl)c2)no1. The molecule has 0 atom stereocenters. The summed E-state index contributed by atoms with van der Waals surface area (Å²) in [7, 11) is 0. The zero-order valence-electron chi connectivity index (χ0n) is 14.6. The number of aromatic nitrogens is 6. The minimum absolute atomic E-state index is 0.457. The van der Waals surface area contributed by atoms with Gasteiger partial charge in [-0.25, -0.2) is 0 Å². The topological polar surface area (TPSA) is 82.5 Å². The van der Waals surface area contributed by atoms with Gasteiger partial charge in [-0.15, -0.1) is 5.10 Å². The van der Waals surface area contributed by atoms with Crippen LogP contribution in [0.25, 0.3) is 17.1 Å². The number of hydrogen-bond acceptors (Lipinski definition) is 7. The molecule has 0 radical (unpaired) electrons. The van der Waals surface area contributed by atoms with Gasteiger partial charge >= 0.3 is 0 Å². The van der Waals surface area contributed by atoms with E-state index in [2.05, 4.69) is 25.7 Å². The van der Waals surface area contributed by atoms with E-state index in [1.54, 1.807) is 16.8 Å². The first-order chi connectivity index (χ1) is 13.1. The first-order valence-electron chi connectivity index (χ1n) is 8.18. The Morgan fingerprint density at radius 2 is 1.89 bits per heavy atom. The van der Waals surface area contributed by atoms with Crippen LogP contribution in [-0.2, 0) is 5.75 Å². The predicted octanol–water partition coefficient (Wildman–Crippen LogP) is 4.27. The molecule has 0 aliphatic heterocycles. The number of tetrazole rings is 1. The lowest BCUT2D eigenvalue weighted by Gasteiger charge is -2.09. The van der Waals surface area contributed by atoms with E-state index in [9.17, 15) is 0 Å². The lowest BCUT2D eigenvalue weighted by atomic mass is 10.1. The van der Waals surface area contributed by atoms with Gasteiger partial charge < -0.3 is 4.52 Å². The highest BCUT2D eigenvalue weighted by atomic mass is 35.5. The number of nitrogens with zero attached hydrogens (tertiary/aromatic N) is 6. The van der Waals surface area contributed by atoms with Crippen molar-refractivity contribution in [3.05, 3.63) is 64.5 Å². The maximum Gasteiger partial charge on any atom is 0.237 e. The summed E-state index contributed by atoms with van der Waals surface area (Å²) in [5.74, 6) is 1.45. The predicted molar refractivity (Wildman–Crippen MR) is 103 cm³/mol. The fourth-order valence-electron chi connectivity index (χ4n) is 2.73. The standard InChI is InChI=1S/C18H15ClN6OS/c1-11-5-3-6-12(2)16(11)25-18(21-23-24-25)27-10-15-20-17(22-26-15)13-7-4-8-14(19)9-13/h3-9H,10H2,1-2H3. The highest BCUT2D eigenvalue weighted by molar-refractivity contribution is 7.98. The van der Waals surface area contributed by atoms with E-state index in [0.717, 1.165) is 22.4 Å². The molecule has 0 N–H and O–H groups in total. The molecule has 9 heteroatoms. The maximum absolute atomic E-state index is 6.02. The van der Waals surface area contributed by atoms with Crippen LogP contribution in [-0.4, -0.2) is 30.3 Å². The van der Waals surface area contributed by atoms with Crippen LogP contribution >= 0.6 is 23.4 Å². The minimum Gasteiger partial charge on any atom is -0.338 e. The van der Waals surface area contributed by atoms with Gasteiger partial charge in [0.15, 0.2) is 0 Å². The summed E-state index contributed by atoms with van der Waals surface area (Å²) in [6.45, 7) is 4.07. The van der Waals surface area contributed by atoms with E-state index in [0.29, 0.717) is 27.6 Å². The van der Waals surface area contributed by atoms with Crippen molar-refractivity contribution in [1.82, 2.24) is 30.3 Å². The molecule has 2 aromatic heterocycles. The minimum atomic E-state index is 0.457. The molecule has 0 aliphatic carbocycles. The summed E-state index contributed by atoms with van der Waals surface area (Å²) in [6.07, 6.45) is 0.